The van der Waals surface area contributed by atoms with Gasteiger partial charge in [0, 0.05) is 18.7 Å². The molecule has 0 bridgehead atoms. The molecule has 4 nitrogen and oxygen atoms in total. The molecule has 0 aromatic heterocycles. The van der Waals surface area contributed by atoms with Crippen molar-refractivity contribution in [3.63, 3.8) is 0 Å². The van der Waals surface area contributed by atoms with E-state index in [0.29, 0.717) is 25.3 Å². The Hall–Kier alpha value is -1.46. The normalized spacial score (nSPS) is 26.6. The smallest absolute Gasteiger partial charge is 0.227 e. The van der Waals surface area contributed by atoms with Crippen LogP contribution >= 0.6 is 0 Å². The molecule has 3 rings (SSSR count). The van der Waals surface area contributed by atoms with E-state index in [1.54, 1.807) is 18.2 Å². The minimum absolute atomic E-state index is 0.0538. The molecule has 0 spiro atoms. The average molecular weight is 292 g/mol. The molecule has 0 unspecified atom stereocenters. The maximum atomic E-state index is 13.9. The van der Waals surface area contributed by atoms with E-state index in [4.69, 9.17) is 4.74 Å². The van der Waals surface area contributed by atoms with Gasteiger partial charge in [-0.25, -0.2) is 4.39 Å². The second-order valence-electron chi connectivity index (χ2n) is 5.71. The highest BCUT2D eigenvalue weighted by atomic mass is 19.1. The van der Waals surface area contributed by atoms with Gasteiger partial charge in [0.1, 0.15) is 11.9 Å². The zero-order valence-corrected chi connectivity index (χ0v) is 12.1. The number of carbonyl (C=O) groups is 1. The van der Waals surface area contributed by atoms with Crippen molar-refractivity contribution in [2.75, 3.05) is 32.8 Å². The lowest BCUT2D eigenvalue weighted by Crippen LogP contribution is -2.48. The minimum Gasteiger partial charge on any atom is -0.370 e. The van der Waals surface area contributed by atoms with Crippen LogP contribution in [0.5, 0.6) is 0 Å². The summed E-state index contributed by atoms with van der Waals surface area (Å²) in [6.07, 6.45) is 1.62. The van der Waals surface area contributed by atoms with Gasteiger partial charge in [-0.3, -0.25) is 4.79 Å². The summed E-state index contributed by atoms with van der Waals surface area (Å²) in [5.41, 5.74) is 0.539. The molecule has 2 saturated heterocycles. The first-order valence-electron chi connectivity index (χ1n) is 7.61. The molecule has 2 aliphatic heterocycles. The predicted molar refractivity (Wildman–Crippen MR) is 77.3 cm³/mol. The van der Waals surface area contributed by atoms with Gasteiger partial charge in [-0.15, -0.1) is 0 Å². The quantitative estimate of drug-likeness (QED) is 0.902. The maximum absolute atomic E-state index is 13.9. The van der Waals surface area contributed by atoms with Gasteiger partial charge in [0.05, 0.1) is 19.1 Å². The number of nitrogens with zero attached hydrogens (tertiary/aromatic N) is 1. The number of morpholine rings is 1. The fourth-order valence-corrected chi connectivity index (χ4v) is 3.09. The molecule has 114 valence electrons. The van der Waals surface area contributed by atoms with Crippen molar-refractivity contribution in [1.82, 2.24) is 10.2 Å². The number of carbonyl (C=O) groups excluding carboxylic acids is 1. The van der Waals surface area contributed by atoms with E-state index < -0.39 is 0 Å². The summed E-state index contributed by atoms with van der Waals surface area (Å²) in [6.45, 7) is 3.24. The van der Waals surface area contributed by atoms with E-state index in [1.807, 2.05) is 4.90 Å². The fourth-order valence-electron chi connectivity index (χ4n) is 3.09. The Balaban J connectivity index is 1.68. The number of ether oxygens (including phenoxy) is 1. The highest BCUT2D eigenvalue weighted by Gasteiger charge is 2.31. The molecule has 1 N–H and O–H groups in total. The molecule has 2 fully saturated rings. The van der Waals surface area contributed by atoms with Crippen molar-refractivity contribution in [2.45, 2.75) is 18.9 Å². The molecule has 1 aromatic rings. The van der Waals surface area contributed by atoms with Crippen LogP contribution in [0.4, 0.5) is 4.39 Å². The highest BCUT2D eigenvalue weighted by Crippen LogP contribution is 2.26. The van der Waals surface area contributed by atoms with Crippen LogP contribution in [-0.2, 0) is 9.53 Å². The molecular formula is C16H21FN2O2. The zero-order valence-electron chi connectivity index (χ0n) is 12.1. The number of piperidine rings is 1. The summed E-state index contributed by atoms with van der Waals surface area (Å²) < 4.78 is 19.5. The van der Waals surface area contributed by atoms with Crippen LogP contribution < -0.4 is 5.32 Å². The zero-order chi connectivity index (χ0) is 14.7. The van der Waals surface area contributed by atoms with Gasteiger partial charge < -0.3 is 15.0 Å². The number of rotatable bonds is 2. The standard InChI is InChI=1S/C16H21FN2O2/c17-14-6-2-1-5-13(14)15-11-19(8-9-21-15)16(20)12-4-3-7-18-10-12/h1-2,5-6,12,15,18H,3-4,7-11H2/t12-,15-/m0/s1. The third-order valence-electron chi connectivity index (χ3n) is 4.28. The van der Waals surface area contributed by atoms with Crippen molar-refractivity contribution in [3.8, 4) is 0 Å². The van der Waals surface area contributed by atoms with E-state index >= 15 is 0 Å². The monoisotopic (exact) mass is 292 g/mol. The third-order valence-corrected chi connectivity index (χ3v) is 4.28. The van der Waals surface area contributed by atoms with Crippen LogP contribution in [0.3, 0.4) is 0 Å². The number of amides is 1. The molecule has 0 radical (unpaired) electrons. The lowest BCUT2D eigenvalue weighted by molar-refractivity contribution is -0.144. The number of halogens is 1. The summed E-state index contributed by atoms with van der Waals surface area (Å²) in [4.78, 5) is 14.4. The Morgan fingerprint density at radius 2 is 2.24 bits per heavy atom. The Kier molecular flexibility index (Phi) is 4.51. The van der Waals surface area contributed by atoms with Gasteiger partial charge in [0.2, 0.25) is 5.91 Å². The Labute approximate surface area is 124 Å². The van der Waals surface area contributed by atoms with Crippen LogP contribution in [0.15, 0.2) is 24.3 Å². The average Bonchev–Trinajstić information content (AvgIpc) is 2.55. The van der Waals surface area contributed by atoms with Gasteiger partial charge in [-0.1, -0.05) is 18.2 Å². The summed E-state index contributed by atoms with van der Waals surface area (Å²) in [5, 5.41) is 3.27. The molecule has 21 heavy (non-hydrogen) atoms. The van der Waals surface area contributed by atoms with Crippen molar-refractivity contribution in [3.05, 3.63) is 35.6 Å². The van der Waals surface area contributed by atoms with Crippen molar-refractivity contribution in [1.29, 1.82) is 0 Å². The first kappa shape index (κ1) is 14.5. The molecule has 5 heteroatoms. The molecule has 0 saturated carbocycles. The molecular weight excluding hydrogens is 271 g/mol. The topological polar surface area (TPSA) is 41.6 Å². The number of nitrogens with one attached hydrogen (secondary N) is 1. The predicted octanol–water partition coefficient (Wildman–Crippen LogP) is 1.73. The fraction of sp³-hybridized carbons (Fsp3) is 0.562. The molecule has 1 amide bonds. The number of hydrogen-bond acceptors (Lipinski definition) is 3. The second kappa shape index (κ2) is 6.54. The maximum Gasteiger partial charge on any atom is 0.227 e. The van der Waals surface area contributed by atoms with Gasteiger partial charge in [-0.05, 0) is 25.5 Å². The minimum atomic E-state index is -0.361. The molecule has 2 heterocycles. The van der Waals surface area contributed by atoms with Crippen LogP contribution in [0.2, 0.25) is 0 Å². The molecule has 2 atom stereocenters. The lowest BCUT2D eigenvalue weighted by atomic mass is 9.97. The van der Waals surface area contributed by atoms with E-state index in [1.165, 1.54) is 6.07 Å². The second-order valence-corrected chi connectivity index (χ2v) is 5.71. The Morgan fingerprint density at radius 3 is 3.00 bits per heavy atom. The van der Waals surface area contributed by atoms with Gasteiger partial charge in [-0.2, -0.15) is 0 Å². The third kappa shape index (κ3) is 3.24. The van der Waals surface area contributed by atoms with Crippen molar-refractivity contribution >= 4 is 5.91 Å². The van der Waals surface area contributed by atoms with E-state index in [2.05, 4.69) is 5.32 Å². The van der Waals surface area contributed by atoms with Crippen molar-refractivity contribution in [2.24, 2.45) is 5.92 Å². The van der Waals surface area contributed by atoms with E-state index in [9.17, 15) is 9.18 Å². The van der Waals surface area contributed by atoms with Gasteiger partial charge in [0.15, 0.2) is 0 Å². The van der Waals surface area contributed by atoms with E-state index in [0.717, 1.165) is 25.9 Å². The SMILES string of the molecule is O=C([C@H]1CCCNC1)N1CCO[C@H](c2ccccc2F)C1. The Morgan fingerprint density at radius 1 is 1.38 bits per heavy atom. The molecule has 0 aliphatic carbocycles. The summed E-state index contributed by atoms with van der Waals surface area (Å²) in [5.74, 6) is -0.0407. The molecule has 1 aromatic carbocycles. The molecule has 2 aliphatic rings. The first-order chi connectivity index (χ1) is 10.3. The number of benzene rings is 1. The van der Waals surface area contributed by atoms with Gasteiger partial charge >= 0.3 is 0 Å². The first-order valence-corrected chi connectivity index (χ1v) is 7.61. The van der Waals surface area contributed by atoms with Crippen LogP contribution in [0.1, 0.15) is 24.5 Å². The highest BCUT2D eigenvalue weighted by molar-refractivity contribution is 5.79. The van der Waals surface area contributed by atoms with Crippen LogP contribution in [0, 0.1) is 11.7 Å². The largest absolute Gasteiger partial charge is 0.370 e. The summed E-state index contributed by atoms with van der Waals surface area (Å²) in [6, 6.07) is 6.63. The van der Waals surface area contributed by atoms with Gasteiger partial charge in [0.25, 0.3) is 0 Å². The Bertz CT molecular complexity index is 503. The lowest BCUT2D eigenvalue weighted by Gasteiger charge is -2.36. The summed E-state index contributed by atoms with van der Waals surface area (Å²) in [7, 11) is 0. The number of hydrogen-bond donors (Lipinski definition) is 1. The van der Waals surface area contributed by atoms with Crippen LogP contribution in [0.25, 0.3) is 0 Å². The summed E-state index contributed by atoms with van der Waals surface area (Å²) >= 11 is 0. The van der Waals surface area contributed by atoms with Crippen molar-refractivity contribution < 1.29 is 13.9 Å². The van der Waals surface area contributed by atoms with Crippen LogP contribution in [-0.4, -0.2) is 43.6 Å². The van der Waals surface area contributed by atoms with E-state index in [-0.39, 0.29) is 23.7 Å².